The quantitative estimate of drug-likeness (QED) is 0.817. The van der Waals surface area contributed by atoms with Crippen LogP contribution >= 0.6 is 0 Å². The first-order valence-electron chi connectivity index (χ1n) is 5.74. The van der Waals surface area contributed by atoms with Crippen molar-refractivity contribution in [3.63, 3.8) is 0 Å². The Hall–Kier alpha value is -2.14. The van der Waals surface area contributed by atoms with Gasteiger partial charge >= 0.3 is 0 Å². The minimum absolute atomic E-state index is 0.398. The number of rotatable bonds is 5. The molecular formula is C13H16N4O. The molecule has 0 saturated heterocycles. The van der Waals surface area contributed by atoms with Gasteiger partial charge in [-0.15, -0.1) is 0 Å². The number of nitrogens with zero attached hydrogens (tertiary/aromatic N) is 2. The van der Waals surface area contributed by atoms with Crippen LogP contribution in [0.15, 0.2) is 36.5 Å². The van der Waals surface area contributed by atoms with Crippen LogP contribution in [0, 0.1) is 0 Å². The molecule has 18 heavy (non-hydrogen) atoms. The Morgan fingerprint density at radius 1 is 1.33 bits per heavy atom. The summed E-state index contributed by atoms with van der Waals surface area (Å²) in [5, 5.41) is 7.50. The van der Waals surface area contributed by atoms with Crippen LogP contribution in [-0.2, 0) is 20.1 Å². The number of primary amides is 1. The molecule has 1 amide bonds. The summed E-state index contributed by atoms with van der Waals surface area (Å²) in [5.41, 5.74) is 7.75. The Kier molecular flexibility index (Phi) is 3.74. The van der Waals surface area contributed by atoms with Crippen molar-refractivity contribution in [3.05, 3.63) is 53.3 Å². The molecule has 1 aromatic heterocycles. The lowest BCUT2D eigenvalue weighted by atomic mass is 10.1. The van der Waals surface area contributed by atoms with E-state index in [4.69, 9.17) is 5.73 Å². The normalized spacial score (nSPS) is 10.5. The second kappa shape index (κ2) is 5.46. The van der Waals surface area contributed by atoms with Crippen molar-refractivity contribution in [2.75, 3.05) is 0 Å². The number of carbonyl (C=O) groups is 1. The molecule has 3 N–H and O–H groups in total. The van der Waals surface area contributed by atoms with Gasteiger partial charge in [-0.05, 0) is 17.7 Å². The third kappa shape index (κ3) is 2.95. The molecular weight excluding hydrogens is 228 g/mol. The van der Waals surface area contributed by atoms with Gasteiger partial charge in [0.15, 0.2) is 0 Å². The van der Waals surface area contributed by atoms with Crippen LogP contribution in [0.3, 0.4) is 0 Å². The van der Waals surface area contributed by atoms with Crippen molar-refractivity contribution in [1.29, 1.82) is 0 Å². The third-order valence-corrected chi connectivity index (χ3v) is 2.67. The first kappa shape index (κ1) is 12.3. The topological polar surface area (TPSA) is 72.9 Å². The molecule has 0 spiro atoms. The maximum atomic E-state index is 11.2. The highest BCUT2D eigenvalue weighted by Crippen LogP contribution is 2.07. The van der Waals surface area contributed by atoms with E-state index >= 15 is 0 Å². The summed E-state index contributed by atoms with van der Waals surface area (Å²) >= 11 is 0. The van der Waals surface area contributed by atoms with E-state index in [-0.39, 0.29) is 0 Å². The van der Waals surface area contributed by atoms with Crippen molar-refractivity contribution in [3.8, 4) is 0 Å². The highest BCUT2D eigenvalue weighted by Gasteiger charge is 2.06. The number of hydrogen-bond acceptors (Lipinski definition) is 3. The summed E-state index contributed by atoms with van der Waals surface area (Å²) in [6, 6.07) is 9.28. The largest absolute Gasteiger partial charge is 0.366 e. The van der Waals surface area contributed by atoms with Crippen LogP contribution in [0.1, 0.15) is 21.6 Å². The predicted molar refractivity (Wildman–Crippen MR) is 68.7 cm³/mol. The molecule has 0 radical (unpaired) electrons. The van der Waals surface area contributed by atoms with Gasteiger partial charge in [-0.25, -0.2) is 0 Å². The van der Waals surface area contributed by atoms with Gasteiger partial charge in [-0.1, -0.05) is 18.2 Å². The molecule has 2 aromatic rings. The second-order valence-corrected chi connectivity index (χ2v) is 4.11. The van der Waals surface area contributed by atoms with Gasteiger partial charge in [0.1, 0.15) is 0 Å². The van der Waals surface area contributed by atoms with E-state index in [0.717, 1.165) is 11.3 Å². The number of nitrogens with one attached hydrogen (secondary N) is 1. The lowest BCUT2D eigenvalue weighted by molar-refractivity contribution is 0.0999. The minimum Gasteiger partial charge on any atom is -0.366 e. The second-order valence-electron chi connectivity index (χ2n) is 4.11. The SMILES string of the molecule is Cn1ccc(CNCc2ccccc2C(N)=O)n1. The molecule has 94 valence electrons. The monoisotopic (exact) mass is 244 g/mol. The fourth-order valence-corrected chi connectivity index (χ4v) is 1.80. The maximum absolute atomic E-state index is 11.2. The lowest BCUT2D eigenvalue weighted by Gasteiger charge is -2.07. The molecule has 0 atom stereocenters. The van der Waals surface area contributed by atoms with Crippen molar-refractivity contribution in [2.45, 2.75) is 13.1 Å². The van der Waals surface area contributed by atoms with Gasteiger partial charge in [-0.3, -0.25) is 9.48 Å². The van der Waals surface area contributed by atoms with E-state index in [2.05, 4.69) is 10.4 Å². The number of amides is 1. The van der Waals surface area contributed by atoms with Crippen molar-refractivity contribution in [1.82, 2.24) is 15.1 Å². The average molecular weight is 244 g/mol. The van der Waals surface area contributed by atoms with Crippen molar-refractivity contribution < 1.29 is 4.79 Å². The van der Waals surface area contributed by atoms with Gasteiger partial charge in [0.2, 0.25) is 5.91 Å². The molecule has 0 aliphatic carbocycles. The standard InChI is InChI=1S/C13H16N4O/c1-17-7-6-11(16-17)9-15-8-10-4-2-3-5-12(10)13(14)18/h2-7,15H,8-9H2,1H3,(H2,14,18). The summed E-state index contributed by atoms with van der Waals surface area (Å²) < 4.78 is 1.76. The zero-order chi connectivity index (χ0) is 13.0. The molecule has 0 saturated carbocycles. The van der Waals surface area contributed by atoms with Gasteiger partial charge in [-0.2, -0.15) is 5.10 Å². The zero-order valence-electron chi connectivity index (χ0n) is 10.3. The molecule has 1 aromatic carbocycles. The van der Waals surface area contributed by atoms with Crippen LogP contribution in [0.4, 0.5) is 0 Å². The Bertz CT molecular complexity index is 547. The van der Waals surface area contributed by atoms with E-state index in [1.165, 1.54) is 0 Å². The Balaban J connectivity index is 1.96. The summed E-state index contributed by atoms with van der Waals surface area (Å²) in [7, 11) is 1.88. The Morgan fingerprint density at radius 3 is 2.78 bits per heavy atom. The zero-order valence-corrected chi connectivity index (χ0v) is 10.3. The van der Waals surface area contributed by atoms with Crippen LogP contribution < -0.4 is 11.1 Å². The predicted octanol–water partition coefficient (Wildman–Crippen LogP) is 0.809. The molecule has 5 heteroatoms. The van der Waals surface area contributed by atoms with Crippen LogP contribution in [0.5, 0.6) is 0 Å². The minimum atomic E-state index is -0.398. The van der Waals surface area contributed by atoms with E-state index in [9.17, 15) is 4.79 Å². The molecule has 2 rings (SSSR count). The number of aromatic nitrogens is 2. The highest BCUT2D eigenvalue weighted by molar-refractivity contribution is 5.94. The number of aryl methyl sites for hydroxylation is 1. The van der Waals surface area contributed by atoms with Gasteiger partial charge in [0.25, 0.3) is 0 Å². The summed E-state index contributed by atoms with van der Waals surface area (Å²) in [4.78, 5) is 11.2. The van der Waals surface area contributed by atoms with E-state index in [1.54, 1.807) is 10.7 Å². The average Bonchev–Trinajstić information content (AvgIpc) is 2.75. The number of benzene rings is 1. The van der Waals surface area contributed by atoms with Crippen LogP contribution in [0.2, 0.25) is 0 Å². The van der Waals surface area contributed by atoms with Crippen LogP contribution in [0.25, 0.3) is 0 Å². The van der Waals surface area contributed by atoms with Gasteiger partial charge in [0.05, 0.1) is 5.69 Å². The molecule has 0 bridgehead atoms. The summed E-state index contributed by atoms with van der Waals surface area (Å²) in [6.07, 6.45) is 1.90. The molecule has 0 unspecified atom stereocenters. The summed E-state index contributed by atoms with van der Waals surface area (Å²) in [6.45, 7) is 1.25. The molecule has 5 nitrogen and oxygen atoms in total. The van der Waals surface area contributed by atoms with Gasteiger partial charge < -0.3 is 11.1 Å². The number of nitrogens with two attached hydrogens (primary N) is 1. The first-order valence-corrected chi connectivity index (χ1v) is 5.74. The number of hydrogen-bond donors (Lipinski definition) is 2. The van der Waals surface area contributed by atoms with E-state index < -0.39 is 5.91 Å². The van der Waals surface area contributed by atoms with Gasteiger partial charge in [0, 0.05) is 31.9 Å². The van der Waals surface area contributed by atoms with Crippen LogP contribution in [-0.4, -0.2) is 15.7 Å². The van der Waals surface area contributed by atoms with E-state index in [0.29, 0.717) is 18.7 Å². The summed E-state index contributed by atoms with van der Waals surface area (Å²) in [5.74, 6) is -0.398. The van der Waals surface area contributed by atoms with Crippen molar-refractivity contribution in [2.24, 2.45) is 12.8 Å². The van der Waals surface area contributed by atoms with E-state index in [1.807, 2.05) is 37.5 Å². The fraction of sp³-hybridized carbons (Fsp3) is 0.231. The maximum Gasteiger partial charge on any atom is 0.249 e. The third-order valence-electron chi connectivity index (χ3n) is 2.67. The fourth-order valence-electron chi connectivity index (χ4n) is 1.80. The molecule has 0 aliphatic heterocycles. The first-order chi connectivity index (χ1) is 8.66. The molecule has 0 fully saturated rings. The highest BCUT2D eigenvalue weighted by atomic mass is 16.1. The smallest absolute Gasteiger partial charge is 0.249 e. The Morgan fingerprint density at radius 2 is 2.11 bits per heavy atom. The molecule has 1 heterocycles. The Labute approximate surface area is 106 Å². The molecule has 0 aliphatic rings. The van der Waals surface area contributed by atoms with Crippen molar-refractivity contribution >= 4 is 5.91 Å². The number of carbonyl (C=O) groups excluding carboxylic acids is 1. The lowest BCUT2D eigenvalue weighted by Crippen LogP contribution is -2.19.